The van der Waals surface area contributed by atoms with Crippen LogP contribution in [-0.2, 0) is 0 Å². The first-order chi connectivity index (χ1) is 5.75. The molecule has 1 fully saturated rings. The van der Waals surface area contributed by atoms with Gasteiger partial charge in [-0.25, -0.2) is 0 Å². The maximum Gasteiger partial charge on any atom is 0.0329 e. The summed E-state index contributed by atoms with van der Waals surface area (Å²) < 4.78 is 0. The predicted octanol–water partition coefficient (Wildman–Crippen LogP) is 1.16. The molecular weight excluding hydrogens is 168 g/mol. The molecule has 0 aromatic heterocycles. The number of likely N-dealkylation sites (N-methyl/N-ethyl adjacent to an activating group) is 1. The third kappa shape index (κ3) is 1.95. The van der Waals surface area contributed by atoms with Crippen LogP contribution in [0.2, 0.25) is 0 Å². The molecule has 0 unspecified atom stereocenters. The Kier molecular flexibility index (Phi) is 3.87. The van der Waals surface area contributed by atoms with Crippen molar-refractivity contribution in [2.75, 3.05) is 32.1 Å². The van der Waals surface area contributed by atoms with Crippen LogP contribution in [0.1, 0.15) is 19.3 Å². The summed E-state index contributed by atoms with van der Waals surface area (Å²) in [6.07, 6.45) is 6.12. The van der Waals surface area contributed by atoms with Crippen molar-refractivity contribution in [3.63, 3.8) is 0 Å². The van der Waals surface area contributed by atoms with E-state index < -0.39 is 0 Å². The lowest BCUT2D eigenvalue weighted by atomic mass is 9.75. The second kappa shape index (κ2) is 4.49. The molecule has 0 aromatic carbocycles. The molecule has 12 heavy (non-hydrogen) atoms. The van der Waals surface area contributed by atoms with E-state index in [9.17, 15) is 0 Å². The highest BCUT2D eigenvalue weighted by atomic mass is 32.2. The van der Waals surface area contributed by atoms with Gasteiger partial charge in [-0.3, -0.25) is 4.90 Å². The first-order valence-corrected chi connectivity index (χ1v) is 6.05. The van der Waals surface area contributed by atoms with E-state index in [1.54, 1.807) is 0 Å². The second-order valence-electron chi connectivity index (χ2n) is 3.70. The summed E-state index contributed by atoms with van der Waals surface area (Å²) in [6, 6.07) is 0. The van der Waals surface area contributed by atoms with Crippen LogP contribution in [0, 0.1) is 0 Å². The zero-order valence-electron chi connectivity index (χ0n) is 8.18. The van der Waals surface area contributed by atoms with Gasteiger partial charge in [0.15, 0.2) is 0 Å². The third-order valence-corrected chi connectivity index (χ3v) is 3.70. The van der Waals surface area contributed by atoms with Crippen LogP contribution in [0.25, 0.3) is 0 Å². The van der Waals surface area contributed by atoms with Crippen LogP contribution >= 0.6 is 11.8 Å². The van der Waals surface area contributed by atoms with Gasteiger partial charge in [0.2, 0.25) is 0 Å². The minimum absolute atomic E-state index is 0.371. The molecule has 0 atom stereocenters. The second-order valence-corrected chi connectivity index (χ2v) is 4.68. The summed E-state index contributed by atoms with van der Waals surface area (Å²) in [5.74, 6) is 1.22. The van der Waals surface area contributed by atoms with Crippen molar-refractivity contribution in [1.82, 2.24) is 4.90 Å². The van der Waals surface area contributed by atoms with Crippen LogP contribution in [0.15, 0.2) is 0 Å². The summed E-state index contributed by atoms with van der Waals surface area (Å²) in [4.78, 5) is 2.45. The van der Waals surface area contributed by atoms with Gasteiger partial charge in [-0.2, -0.15) is 11.8 Å². The van der Waals surface area contributed by atoms with Crippen LogP contribution < -0.4 is 5.73 Å². The molecule has 0 amide bonds. The van der Waals surface area contributed by atoms with Gasteiger partial charge in [-0.15, -0.1) is 0 Å². The number of hydrogen-bond acceptors (Lipinski definition) is 3. The number of nitrogens with zero attached hydrogens (tertiary/aromatic N) is 1. The monoisotopic (exact) mass is 188 g/mol. The van der Waals surface area contributed by atoms with Gasteiger partial charge < -0.3 is 5.73 Å². The van der Waals surface area contributed by atoms with Crippen LogP contribution in [-0.4, -0.2) is 42.6 Å². The fraction of sp³-hybridized carbons (Fsp3) is 1.00. The van der Waals surface area contributed by atoms with Crippen molar-refractivity contribution >= 4 is 11.8 Å². The highest BCUT2D eigenvalue weighted by Gasteiger charge is 2.38. The minimum atomic E-state index is 0.371. The molecule has 3 heteroatoms. The summed E-state index contributed by atoms with van der Waals surface area (Å²) >= 11 is 1.91. The van der Waals surface area contributed by atoms with E-state index in [0.717, 1.165) is 6.54 Å². The normalized spacial score (nSPS) is 21.0. The average molecular weight is 188 g/mol. The Balaban J connectivity index is 2.32. The zero-order valence-corrected chi connectivity index (χ0v) is 8.99. The van der Waals surface area contributed by atoms with Crippen molar-refractivity contribution < 1.29 is 0 Å². The molecule has 1 rings (SSSR count). The van der Waals surface area contributed by atoms with E-state index in [0.29, 0.717) is 5.54 Å². The van der Waals surface area contributed by atoms with E-state index in [4.69, 9.17) is 5.73 Å². The smallest absolute Gasteiger partial charge is 0.0329 e. The Bertz CT molecular complexity index is 129. The zero-order chi connectivity index (χ0) is 9.03. The quantitative estimate of drug-likeness (QED) is 0.702. The van der Waals surface area contributed by atoms with Gasteiger partial charge in [0.05, 0.1) is 0 Å². The van der Waals surface area contributed by atoms with Gasteiger partial charge >= 0.3 is 0 Å². The Morgan fingerprint density at radius 2 is 2.17 bits per heavy atom. The van der Waals surface area contributed by atoms with Crippen molar-refractivity contribution in [3.05, 3.63) is 0 Å². The highest BCUT2D eigenvalue weighted by Crippen LogP contribution is 2.35. The highest BCUT2D eigenvalue weighted by molar-refractivity contribution is 7.98. The molecule has 72 valence electrons. The number of rotatable bonds is 5. The van der Waals surface area contributed by atoms with Crippen LogP contribution in [0.5, 0.6) is 0 Å². The number of hydrogen-bond donors (Lipinski definition) is 1. The van der Waals surface area contributed by atoms with E-state index in [1.807, 2.05) is 11.8 Å². The van der Waals surface area contributed by atoms with Crippen molar-refractivity contribution in [3.8, 4) is 0 Å². The molecule has 0 saturated heterocycles. The van der Waals surface area contributed by atoms with Crippen molar-refractivity contribution in [1.29, 1.82) is 0 Å². The van der Waals surface area contributed by atoms with E-state index in [1.165, 1.54) is 31.6 Å². The minimum Gasteiger partial charge on any atom is -0.329 e. The lowest BCUT2D eigenvalue weighted by Gasteiger charge is -2.48. The van der Waals surface area contributed by atoms with E-state index in [-0.39, 0.29) is 0 Å². The fourth-order valence-electron chi connectivity index (χ4n) is 1.79. The SMILES string of the molecule is CSCCN(C)C1(CN)CCC1. The molecule has 0 aromatic rings. The standard InChI is InChI=1S/C9H20N2S/c1-11(6-7-12-2)9(8-10)4-3-5-9/h3-8,10H2,1-2H3. The first kappa shape index (κ1) is 10.4. The van der Waals surface area contributed by atoms with Crippen LogP contribution in [0.3, 0.4) is 0 Å². The molecule has 1 aliphatic carbocycles. The lowest BCUT2D eigenvalue weighted by Crippen LogP contribution is -2.57. The summed E-state index contributed by atoms with van der Waals surface area (Å²) in [5.41, 5.74) is 6.16. The third-order valence-electron chi connectivity index (χ3n) is 3.10. The number of thioether (sulfide) groups is 1. The molecule has 1 aliphatic rings. The van der Waals surface area contributed by atoms with Gasteiger partial charge in [0.1, 0.15) is 0 Å². The Labute approximate surface area is 79.9 Å². The molecule has 1 saturated carbocycles. The molecule has 0 heterocycles. The Morgan fingerprint density at radius 1 is 1.50 bits per heavy atom. The van der Waals surface area contributed by atoms with Crippen molar-refractivity contribution in [2.45, 2.75) is 24.8 Å². The molecule has 0 spiro atoms. The summed E-state index contributed by atoms with van der Waals surface area (Å²) in [7, 11) is 2.21. The Morgan fingerprint density at radius 3 is 2.50 bits per heavy atom. The van der Waals surface area contributed by atoms with Gasteiger partial charge in [0.25, 0.3) is 0 Å². The number of nitrogens with two attached hydrogens (primary N) is 1. The predicted molar refractivity (Wildman–Crippen MR) is 56.6 cm³/mol. The maximum atomic E-state index is 5.79. The van der Waals surface area contributed by atoms with Gasteiger partial charge in [-0.1, -0.05) is 0 Å². The Hall–Kier alpha value is 0.270. The average Bonchev–Trinajstić information content (AvgIpc) is 2.00. The molecule has 0 bridgehead atoms. The van der Waals surface area contributed by atoms with E-state index >= 15 is 0 Å². The maximum absolute atomic E-state index is 5.79. The van der Waals surface area contributed by atoms with Crippen LogP contribution in [0.4, 0.5) is 0 Å². The van der Waals surface area contributed by atoms with Gasteiger partial charge in [0, 0.05) is 24.4 Å². The molecule has 2 N–H and O–H groups in total. The lowest BCUT2D eigenvalue weighted by molar-refractivity contribution is 0.0519. The fourth-order valence-corrected chi connectivity index (χ4v) is 2.25. The summed E-state index contributed by atoms with van der Waals surface area (Å²) in [5, 5.41) is 0. The van der Waals surface area contributed by atoms with Gasteiger partial charge in [-0.05, 0) is 32.6 Å². The molecular formula is C9H20N2S. The van der Waals surface area contributed by atoms with E-state index in [2.05, 4.69) is 18.2 Å². The molecule has 2 nitrogen and oxygen atoms in total. The van der Waals surface area contributed by atoms with Crippen molar-refractivity contribution in [2.24, 2.45) is 5.73 Å². The topological polar surface area (TPSA) is 29.3 Å². The summed E-state index contributed by atoms with van der Waals surface area (Å²) in [6.45, 7) is 2.01. The molecule has 0 radical (unpaired) electrons. The first-order valence-electron chi connectivity index (χ1n) is 4.65. The molecule has 0 aliphatic heterocycles. The largest absolute Gasteiger partial charge is 0.329 e.